The highest BCUT2D eigenvalue weighted by Gasteiger charge is 2.56. The van der Waals surface area contributed by atoms with E-state index in [-0.39, 0.29) is 6.42 Å². The number of rotatable bonds is 1. The summed E-state index contributed by atoms with van der Waals surface area (Å²) < 4.78 is 36.6. The van der Waals surface area contributed by atoms with Gasteiger partial charge in [0.1, 0.15) is 5.67 Å². The lowest BCUT2D eigenvalue weighted by Gasteiger charge is -2.40. The van der Waals surface area contributed by atoms with Gasteiger partial charge < -0.3 is 0 Å². The molecule has 1 saturated carbocycles. The summed E-state index contributed by atoms with van der Waals surface area (Å²) in [6.45, 7) is 1.59. The van der Waals surface area contributed by atoms with Gasteiger partial charge in [0.15, 0.2) is 0 Å². The van der Waals surface area contributed by atoms with E-state index in [9.17, 15) is 13.2 Å². The van der Waals surface area contributed by atoms with Crippen LogP contribution in [0.4, 0.5) is 13.2 Å². The molecule has 0 aromatic rings. The van der Waals surface area contributed by atoms with Crippen LogP contribution in [0.15, 0.2) is 0 Å². The average Bonchev–Trinajstić information content (AvgIpc) is 1.61. The van der Waals surface area contributed by atoms with Crippen LogP contribution in [-0.2, 0) is 0 Å². The highest BCUT2D eigenvalue weighted by molar-refractivity contribution is 4.98. The average molecular weight is 138 g/mol. The highest BCUT2D eigenvalue weighted by atomic mass is 19.3. The quantitative estimate of drug-likeness (QED) is 0.522. The zero-order chi connectivity index (χ0) is 7.12. The predicted octanol–water partition coefficient (Wildman–Crippen LogP) is 2.53. The van der Waals surface area contributed by atoms with Gasteiger partial charge in [-0.05, 0) is 6.42 Å². The standard InChI is InChI=1S/C6H9F3/c1-2-5(7)3-6(8,9)4-5/h2-4H2,1H3. The third-order valence-corrected chi connectivity index (χ3v) is 1.78. The number of alkyl halides is 3. The minimum Gasteiger partial charge on any atom is -0.243 e. The Morgan fingerprint density at radius 2 is 1.67 bits per heavy atom. The Balaban J connectivity index is 2.41. The van der Waals surface area contributed by atoms with Crippen LogP contribution in [0.1, 0.15) is 26.2 Å². The summed E-state index contributed by atoms with van der Waals surface area (Å²) in [5, 5.41) is 0. The van der Waals surface area contributed by atoms with Crippen LogP contribution in [-0.4, -0.2) is 11.6 Å². The summed E-state index contributed by atoms with van der Waals surface area (Å²) in [6, 6.07) is 0. The van der Waals surface area contributed by atoms with Gasteiger partial charge in [-0.25, -0.2) is 13.2 Å². The van der Waals surface area contributed by atoms with Crippen LogP contribution in [0.3, 0.4) is 0 Å². The molecule has 0 aliphatic heterocycles. The minimum absolute atomic E-state index is 0.211. The molecule has 0 bridgehead atoms. The Morgan fingerprint density at radius 3 is 1.78 bits per heavy atom. The van der Waals surface area contributed by atoms with Crippen molar-refractivity contribution in [2.75, 3.05) is 0 Å². The topological polar surface area (TPSA) is 0 Å². The maximum absolute atomic E-state index is 12.7. The molecule has 1 aliphatic carbocycles. The van der Waals surface area contributed by atoms with E-state index in [2.05, 4.69) is 0 Å². The van der Waals surface area contributed by atoms with Crippen molar-refractivity contribution >= 4 is 0 Å². The molecule has 1 rings (SSSR count). The van der Waals surface area contributed by atoms with E-state index < -0.39 is 24.4 Å². The van der Waals surface area contributed by atoms with Crippen molar-refractivity contribution in [1.82, 2.24) is 0 Å². The van der Waals surface area contributed by atoms with Crippen LogP contribution in [0.5, 0.6) is 0 Å². The molecule has 1 aliphatic rings. The molecule has 54 valence electrons. The first kappa shape index (κ1) is 6.90. The fraction of sp³-hybridized carbons (Fsp3) is 1.00. The number of hydrogen-bond donors (Lipinski definition) is 0. The van der Waals surface area contributed by atoms with E-state index in [1.54, 1.807) is 6.92 Å². The first-order valence-electron chi connectivity index (χ1n) is 3.04. The molecule has 3 heteroatoms. The molecule has 0 spiro atoms. The Bertz CT molecular complexity index is 111. The molecule has 0 amide bonds. The first-order valence-corrected chi connectivity index (χ1v) is 3.04. The van der Waals surface area contributed by atoms with E-state index in [0.717, 1.165) is 0 Å². The molecule has 0 heterocycles. The SMILES string of the molecule is CCC1(F)CC(F)(F)C1. The highest BCUT2D eigenvalue weighted by Crippen LogP contribution is 2.49. The Morgan fingerprint density at radius 1 is 1.22 bits per heavy atom. The summed E-state index contributed by atoms with van der Waals surface area (Å²) in [6.07, 6.45) is -0.935. The van der Waals surface area contributed by atoms with Crippen molar-refractivity contribution < 1.29 is 13.2 Å². The Hall–Kier alpha value is -0.210. The van der Waals surface area contributed by atoms with E-state index >= 15 is 0 Å². The lowest BCUT2D eigenvalue weighted by Crippen LogP contribution is -2.47. The van der Waals surface area contributed by atoms with Crippen LogP contribution in [0, 0.1) is 0 Å². The molecule has 0 N–H and O–H groups in total. The van der Waals surface area contributed by atoms with Gasteiger partial charge in [0.2, 0.25) is 0 Å². The summed E-state index contributed by atoms with van der Waals surface area (Å²) in [7, 11) is 0. The molecule has 0 atom stereocenters. The van der Waals surface area contributed by atoms with Gasteiger partial charge in [0.25, 0.3) is 5.92 Å². The maximum atomic E-state index is 12.7. The third-order valence-electron chi connectivity index (χ3n) is 1.78. The molecule has 0 aromatic heterocycles. The van der Waals surface area contributed by atoms with E-state index in [1.807, 2.05) is 0 Å². The summed E-state index contributed by atoms with van der Waals surface area (Å²) in [5.41, 5.74) is -1.55. The molecule has 1 fully saturated rings. The van der Waals surface area contributed by atoms with Crippen molar-refractivity contribution in [2.24, 2.45) is 0 Å². The van der Waals surface area contributed by atoms with Gasteiger partial charge in [-0.1, -0.05) is 6.92 Å². The Labute approximate surface area is 52.1 Å². The summed E-state index contributed by atoms with van der Waals surface area (Å²) in [5.74, 6) is -2.72. The molecule has 0 aromatic carbocycles. The number of hydrogen-bond acceptors (Lipinski definition) is 0. The second-order valence-electron chi connectivity index (χ2n) is 2.71. The smallest absolute Gasteiger partial charge is 0.243 e. The summed E-state index contributed by atoms with van der Waals surface area (Å²) in [4.78, 5) is 0. The van der Waals surface area contributed by atoms with Crippen molar-refractivity contribution in [3.05, 3.63) is 0 Å². The lowest BCUT2D eigenvalue weighted by atomic mass is 9.77. The second-order valence-corrected chi connectivity index (χ2v) is 2.71. The van der Waals surface area contributed by atoms with Crippen LogP contribution < -0.4 is 0 Å². The predicted molar refractivity (Wildman–Crippen MR) is 28.3 cm³/mol. The Kier molecular flexibility index (Phi) is 1.26. The van der Waals surface area contributed by atoms with E-state index in [0.29, 0.717) is 0 Å². The van der Waals surface area contributed by atoms with E-state index in [1.165, 1.54) is 0 Å². The zero-order valence-corrected chi connectivity index (χ0v) is 5.26. The van der Waals surface area contributed by atoms with Gasteiger partial charge in [-0.2, -0.15) is 0 Å². The zero-order valence-electron chi connectivity index (χ0n) is 5.26. The lowest BCUT2D eigenvalue weighted by molar-refractivity contribution is -0.170. The van der Waals surface area contributed by atoms with Crippen molar-refractivity contribution in [1.29, 1.82) is 0 Å². The van der Waals surface area contributed by atoms with Crippen LogP contribution in [0.25, 0.3) is 0 Å². The third kappa shape index (κ3) is 1.19. The molecule has 0 nitrogen and oxygen atoms in total. The summed E-state index contributed by atoms with van der Waals surface area (Å²) >= 11 is 0. The van der Waals surface area contributed by atoms with Gasteiger partial charge in [-0.3, -0.25) is 0 Å². The molecule has 0 saturated heterocycles. The maximum Gasteiger partial charge on any atom is 0.254 e. The van der Waals surface area contributed by atoms with E-state index in [4.69, 9.17) is 0 Å². The largest absolute Gasteiger partial charge is 0.254 e. The first-order chi connectivity index (χ1) is 3.97. The normalized spacial score (nSPS) is 29.3. The van der Waals surface area contributed by atoms with Crippen LogP contribution >= 0.6 is 0 Å². The van der Waals surface area contributed by atoms with Crippen molar-refractivity contribution in [3.8, 4) is 0 Å². The van der Waals surface area contributed by atoms with Gasteiger partial charge in [0.05, 0.1) is 0 Å². The van der Waals surface area contributed by atoms with Crippen molar-refractivity contribution in [3.63, 3.8) is 0 Å². The molecule has 0 radical (unpaired) electrons. The molecule has 9 heavy (non-hydrogen) atoms. The fourth-order valence-corrected chi connectivity index (χ4v) is 1.13. The second kappa shape index (κ2) is 1.64. The molecular formula is C6H9F3. The van der Waals surface area contributed by atoms with Gasteiger partial charge in [0, 0.05) is 12.8 Å². The van der Waals surface area contributed by atoms with Gasteiger partial charge in [-0.15, -0.1) is 0 Å². The molecule has 0 unspecified atom stereocenters. The van der Waals surface area contributed by atoms with Crippen LogP contribution in [0.2, 0.25) is 0 Å². The molecular weight excluding hydrogens is 129 g/mol. The van der Waals surface area contributed by atoms with Crippen molar-refractivity contribution in [2.45, 2.75) is 37.8 Å². The minimum atomic E-state index is -2.72. The van der Waals surface area contributed by atoms with Gasteiger partial charge >= 0.3 is 0 Å². The monoisotopic (exact) mass is 138 g/mol. The fourth-order valence-electron chi connectivity index (χ4n) is 1.13. The number of halogens is 3.